The number of urea groups is 1. The molecule has 1 aliphatic heterocycles. The molecule has 0 fully saturated rings. The quantitative estimate of drug-likeness (QED) is 0.877. The Labute approximate surface area is 138 Å². The van der Waals surface area contributed by atoms with Gasteiger partial charge in [0.2, 0.25) is 0 Å². The van der Waals surface area contributed by atoms with Crippen LogP contribution in [0.25, 0.3) is 0 Å². The number of ether oxygens (including phenoxy) is 1. The molecule has 0 radical (unpaired) electrons. The summed E-state index contributed by atoms with van der Waals surface area (Å²) in [7, 11) is 1.30. The number of carbonyl (C=O) groups excluding carboxylic acids is 2. The Morgan fingerprint density at radius 1 is 1.26 bits per heavy atom. The molecule has 0 aliphatic carbocycles. The number of methoxy groups -OCH3 is 1. The molecule has 6 heteroatoms. The fourth-order valence-electron chi connectivity index (χ4n) is 2.71. The van der Waals surface area contributed by atoms with Crippen LogP contribution >= 0.6 is 11.6 Å². The van der Waals surface area contributed by atoms with Gasteiger partial charge in [-0.05, 0) is 23.8 Å². The van der Waals surface area contributed by atoms with E-state index in [1.54, 1.807) is 18.2 Å². The number of hydrogen-bond donors (Lipinski definition) is 1. The van der Waals surface area contributed by atoms with Crippen LogP contribution in [0, 0.1) is 0 Å². The van der Waals surface area contributed by atoms with Crippen molar-refractivity contribution >= 4 is 29.3 Å². The SMILES string of the molecule is COC(=O)CN1C(=O)Nc2ccc(Cl)cc2[C@H]1c1ccccc1. The van der Waals surface area contributed by atoms with Crippen LogP contribution in [0.5, 0.6) is 0 Å². The largest absolute Gasteiger partial charge is 0.468 e. The van der Waals surface area contributed by atoms with E-state index in [0.29, 0.717) is 10.7 Å². The van der Waals surface area contributed by atoms with Gasteiger partial charge in [0.25, 0.3) is 0 Å². The first kappa shape index (κ1) is 15.4. The number of benzene rings is 2. The molecule has 0 spiro atoms. The molecule has 3 rings (SSSR count). The number of nitrogens with zero attached hydrogens (tertiary/aromatic N) is 1. The Kier molecular flexibility index (Phi) is 4.21. The number of carbonyl (C=O) groups is 2. The molecule has 0 saturated heterocycles. The Balaban J connectivity index is 2.12. The van der Waals surface area contributed by atoms with Gasteiger partial charge in [-0.15, -0.1) is 0 Å². The standard InChI is InChI=1S/C17H15ClN2O3/c1-23-15(21)10-20-16(11-5-3-2-4-6-11)13-9-12(18)7-8-14(13)19-17(20)22/h2-9,16H,10H2,1H3,(H,19,22)/t16-/m1/s1. The molecule has 2 aromatic rings. The van der Waals surface area contributed by atoms with E-state index in [1.165, 1.54) is 12.0 Å². The van der Waals surface area contributed by atoms with Gasteiger partial charge < -0.3 is 15.0 Å². The van der Waals surface area contributed by atoms with Gasteiger partial charge in [-0.25, -0.2) is 4.79 Å². The molecule has 2 amide bonds. The molecular formula is C17H15ClN2O3. The molecule has 1 aliphatic rings. The summed E-state index contributed by atoms with van der Waals surface area (Å²) in [5.41, 5.74) is 2.43. The molecule has 1 atom stereocenters. The molecule has 5 nitrogen and oxygen atoms in total. The Morgan fingerprint density at radius 3 is 2.70 bits per heavy atom. The normalized spacial score (nSPS) is 16.5. The highest BCUT2D eigenvalue weighted by molar-refractivity contribution is 6.30. The van der Waals surface area contributed by atoms with E-state index in [0.717, 1.165) is 11.1 Å². The van der Waals surface area contributed by atoms with Crippen molar-refractivity contribution in [3.63, 3.8) is 0 Å². The number of anilines is 1. The third-order valence-corrected chi connectivity index (χ3v) is 4.00. The van der Waals surface area contributed by atoms with E-state index >= 15 is 0 Å². The lowest BCUT2D eigenvalue weighted by atomic mass is 9.94. The minimum absolute atomic E-state index is 0.145. The van der Waals surface area contributed by atoms with E-state index in [4.69, 9.17) is 16.3 Å². The number of rotatable bonds is 3. The smallest absolute Gasteiger partial charge is 0.325 e. The second-order valence-electron chi connectivity index (χ2n) is 5.18. The third-order valence-electron chi connectivity index (χ3n) is 3.76. The summed E-state index contributed by atoms with van der Waals surface area (Å²) in [6.07, 6.45) is 0. The highest BCUT2D eigenvalue weighted by atomic mass is 35.5. The van der Waals surface area contributed by atoms with Gasteiger partial charge in [0.1, 0.15) is 6.54 Å². The zero-order chi connectivity index (χ0) is 16.4. The van der Waals surface area contributed by atoms with Crippen LogP contribution in [-0.4, -0.2) is 30.6 Å². The maximum atomic E-state index is 12.5. The van der Waals surface area contributed by atoms with Crippen molar-refractivity contribution in [1.29, 1.82) is 0 Å². The van der Waals surface area contributed by atoms with Gasteiger partial charge in [-0.1, -0.05) is 41.9 Å². The van der Waals surface area contributed by atoms with Crippen LogP contribution in [0.4, 0.5) is 10.5 Å². The van der Waals surface area contributed by atoms with Crippen molar-refractivity contribution in [2.45, 2.75) is 6.04 Å². The van der Waals surface area contributed by atoms with E-state index in [9.17, 15) is 9.59 Å². The van der Waals surface area contributed by atoms with Gasteiger partial charge in [0.15, 0.2) is 0 Å². The topological polar surface area (TPSA) is 58.6 Å². The predicted octanol–water partition coefficient (Wildman–Crippen LogP) is 3.45. The van der Waals surface area contributed by atoms with Crippen LogP contribution in [0.15, 0.2) is 48.5 Å². The fraction of sp³-hybridized carbons (Fsp3) is 0.176. The lowest BCUT2D eigenvalue weighted by molar-refractivity contribution is -0.141. The second kappa shape index (κ2) is 6.30. The van der Waals surface area contributed by atoms with Crippen molar-refractivity contribution in [1.82, 2.24) is 4.90 Å². The molecule has 0 saturated carbocycles. The molecule has 0 bridgehead atoms. The first-order chi connectivity index (χ1) is 11.1. The van der Waals surface area contributed by atoms with Crippen LogP contribution in [0.3, 0.4) is 0 Å². The number of esters is 1. The van der Waals surface area contributed by atoms with Gasteiger partial charge in [-0.2, -0.15) is 0 Å². The molecule has 0 aromatic heterocycles. The minimum Gasteiger partial charge on any atom is -0.468 e. The minimum atomic E-state index is -0.480. The Hall–Kier alpha value is -2.53. The van der Waals surface area contributed by atoms with Gasteiger partial charge in [0, 0.05) is 16.3 Å². The summed E-state index contributed by atoms with van der Waals surface area (Å²) in [5, 5.41) is 3.36. The molecule has 2 aromatic carbocycles. The van der Waals surface area contributed by atoms with Gasteiger partial charge in [0.05, 0.1) is 13.2 Å². The number of hydrogen-bond acceptors (Lipinski definition) is 3. The van der Waals surface area contributed by atoms with E-state index in [2.05, 4.69) is 5.32 Å². The van der Waals surface area contributed by atoms with Crippen LogP contribution in [-0.2, 0) is 9.53 Å². The van der Waals surface area contributed by atoms with Crippen molar-refractivity contribution in [2.24, 2.45) is 0 Å². The average molecular weight is 331 g/mol. The predicted molar refractivity (Wildman–Crippen MR) is 87.5 cm³/mol. The zero-order valence-electron chi connectivity index (χ0n) is 12.5. The fourth-order valence-corrected chi connectivity index (χ4v) is 2.89. The summed E-state index contributed by atoms with van der Waals surface area (Å²) in [5.74, 6) is -0.480. The molecule has 1 heterocycles. The number of halogens is 1. The first-order valence-electron chi connectivity index (χ1n) is 7.09. The summed E-state index contributed by atoms with van der Waals surface area (Å²) < 4.78 is 4.71. The number of amides is 2. The maximum Gasteiger partial charge on any atom is 0.325 e. The molecule has 118 valence electrons. The van der Waals surface area contributed by atoms with Gasteiger partial charge >= 0.3 is 12.0 Å². The highest BCUT2D eigenvalue weighted by Gasteiger charge is 2.35. The van der Waals surface area contributed by atoms with Crippen LogP contribution in [0.2, 0.25) is 5.02 Å². The van der Waals surface area contributed by atoms with Crippen molar-refractivity contribution in [2.75, 3.05) is 19.0 Å². The highest BCUT2D eigenvalue weighted by Crippen LogP contribution is 2.38. The third kappa shape index (κ3) is 3.00. The molecule has 1 N–H and O–H groups in total. The average Bonchev–Trinajstić information content (AvgIpc) is 2.56. The second-order valence-corrected chi connectivity index (χ2v) is 5.62. The lowest BCUT2D eigenvalue weighted by Gasteiger charge is -2.37. The molecule has 23 heavy (non-hydrogen) atoms. The summed E-state index contributed by atoms with van der Waals surface area (Å²) in [6.45, 7) is -0.145. The zero-order valence-corrected chi connectivity index (χ0v) is 13.2. The van der Waals surface area contributed by atoms with Crippen LogP contribution < -0.4 is 5.32 Å². The maximum absolute atomic E-state index is 12.5. The first-order valence-corrected chi connectivity index (χ1v) is 7.47. The lowest BCUT2D eigenvalue weighted by Crippen LogP contribution is -2.45. The monoisotopic (exact) mass is 330 g/mol. The molecular weight excluding hydrogens is 316 g/mol. The Morgan fingerprint density at radius 2 is 2.00 bits per heavy atom. The van der Waals surface area contributed by atoms with E-state index < -0.39 is 12.0 Å². The number of fused-ring (bicyclic) bond motifs is 1. The van der Waals surface area contributed by atoms with E-state index in [-0.39, 0.29) is 12.6 Å². The summed E-state index contributed by atoms with van der Waals surface area (Å²) >= 11 is 6.12. The van der Waals surface area contributed by atoms with Crippen molar-refractivity contribution in [3.8, 4) is 0 Å². The van der Waals surface area contributed by atoms with Crippen molar-refractivity contribution < 1.29 is 14.3 Å². The van der Waals surface area contributed by atoms with Crippen LogP contribution in [0.1, 0.15) is 17.2 Å². The summed E-state index contributed by atoms with van der Waals surface area (Å²) in [4.78, 5) is 25.6. The van der Waals surface area contributed by atoms with E-state index in [1.807, 2.05) is 30.3 Å². The van der Waals surface area contributed by atoms with Crippen molar-refractivity contribution in [3.05, 3.63) is 64.7 Å². The number of nitrogens with one attached hydrogen (secondary N) is 1. The Bertz CT molecular complexity index is 749. The van der Waals surface area contributed by atoms with Gasteiger partial charge in [-0.3, -0.25) is 4.79 Å². The molecule has 0 unspecified atom stereocenters. The summed E-state index contributed by atoms with van der Waals surface area (Å²) in [6, 6.07) is 14.0.